The largest absolute Gasteiger partial charge is 0.493 e. The Bertz CT molecular complexity index is 573. The number of rotatable bonds is 4. The first-order valence-corrected chi connectivity index (χ1v) is 6.86. The van der Waals surface area contributed by atoms with Gasteiger partial charge in [-0.15, -0.1) is 0 Å². The van der Waals surface area contributed by atoms with Crippen LogP contribution in [0.1, 0.15) is 5.56 Å². The van der Waals surface area contributed by atoms with E-state index < -0.39 is 0 Å². The number of carbonyl (C=O) groups is 1. The fourth-order valence-electron chi connectivity index (χ4n) is 1.76. The fraction of sp³-hybridized carbons (Fsp3) is 0.231. The molecule has 1 N–H and O–H groups in total. The van der Waals surface area contributed by atoms with Crippen molar-refractivity contribution in [3.05, 3.63) is 22.6 Å². The number of hydrogen-bond donors (Lipinski definition) is 1. The van der Waals surface area contributed by atoms with Crippen LogP contribution in [0, 0.1) is 0 Å². The van der Waals surface area contributed by atoms with Gasteiger partial charge >= 0.3 is 0 Å². The van der Waals surface area contributed by atoms with Crippen LogP contribution in [0.4, 0.5) is 4.79 Å². The van der Waals surface area contributed by atoms with Crippen molar-refractivity contribution in [1.82, 2.24) is 5.32 Å². The highest BCUT2D eigenvalue weighted by Gasteiger charge is 2.22. The predicted octanol–water partition coefficient (Wildman–Crippen LogP) is 2.84. The highest BCUT2D eigenvalue weighted by Crippen LogP contribution is 2.39. The van der Waals surface area contributed by atoms with Gasteiger partial charge in [-0.05, 0) is 35.5 Å². The van der Waals surface area contributed by atoms with Gasteiger partial charge in [-0.3, -0.25) is 4.79 Å². The Morgan fingerprint density at radius 3 is 2.15 bits per heavy atom. The van der Waals surface area contributed by atoms with Crippen LogP contribution in [0.2, 0.25) is 0 Å². The minimum Gasteiger partial charge on any atom is -0.493 e. The van der Waals surface area contributed by atoms with Crippen molar-refractivity contribution in [2.45, 2.75) is 0 Å². The Labute approximate surface area is 126 Å². The van der Waals surface area contributed by atoms with Gasteiger partial charge in [-0.2, -0.15) is 0 Å². The van der Waals surface area contributed by atoms with Gasteiger partial charge in [-0.25, -0.2) is 0 Å². The Morgan fingerprint density at radius 1 is 1.15 bits per heavy atom. The van der Waals surface area contributed by atoms with Gasteiger partial charge in [0.05, 0.1) is 26.2 Å². The van der Waals surface area contributed by atoms with Gasteiger partial charge in [0.15, 0.2) is 11.5 Å². The van der Waals surface area contributed by atoms with Crippen LogP contribution in [0.5, 0.6) is 17.2 Å². The minimum absolute atomic E-state index is 0.173. The third-order valence-corrected chi connectivity index (χ3v) is 3.91. The highest BCUT2D eigenvalue weighted by molar-refractivity contribution is 8.19. The molecule has 0 atom stereocenters. The first kappa shape index (κ1) is 14.7. The molecule has 0 aromatic heterocycles. The number of carbonyl (C=O) groups excluding carboxylic acids is 1. The number of ether oxygens (including phenoxy) is 3. The number of thiocarbonyl (C=S) groups is 1. The third kappa shape index (κ3) is 2.88. The summed E-state index contributed by atoms with van der Waals surface area (Å²) < 4.78 is 15.8. The maximum Gasteiger partial charge on any atom is 0.289 e. The summed E-state index contributed by atoms with van der Waals surface area (Å²) in [6, 6.07) is 3.58. The first-order chi connectivity index (χ1) is 9.58. The van der Waals surface area contributed by atoms with E-state index in [1.165, 1.54) is 0 Å². The summed E-state index contributed by atoms with van der Waals surface area (Å²) in [5, 5.41) is 2.39. The first-order valence-electron chi connectivity index (χ1n) is 5.64. The normalized spacial score (nSPS) is 16.2. The van der Waals surface area contributed by atoms with Gasteiger partial charge in [0.1, 0.15) is 4.99 Å². The van der Waals surface area contributed by atoms with E-state index in [1.807, 2.05) is 0 Å². The van der Waals surface area contributed by atoms with Gasteiger partial charge in [0, 0.05) is 0 Å². The number of thioether (sulfide) groups is 1. The van der Waals surface area contributed by atoms with Crippen molar-refractivity contribution in [3.63, 3.8) is 0 Å². The van der Waals surface area contributed by atoms with Crippen LogP contribution in [0.15, 0.2) is 17.0 Å². The average Bonchev–Trinajstić information content (AvgIpc) is 2.75. The van der Waals surface area contributed by atoms with Crippen molar-refractivity contribution in [1.29, 1.82) is 0 Å². The molecule has 0 aliphatic carbocycles. The molecule has 7 heteroatoms. The molecule has 0 saturated carbocycles. The van der Waals surface area contributed by atoms with Crippen LogP contribution in [0.25, 0.3) is 6.08 Å². The monoisotopic (exact) mass is 311 g/mol. The minimum atomic E-state index is -0.173. The van der Waals surface area contributed by atoms with E-state index in [2.05, 4.69) is 5.32 Å². The second-order valence-corrected chi connectivity index (χ2v) is 5.23. The van der Waals surface area contributed by atoms with Gasteiger partial charge in [-0.1, -0.05) is 12.2 Å². The van der Waals surface area contributed by atoms with Gasteiger partial charge < -0.3 is 19.5 Å². The third-order valence-electron chi connectivity index (χ3n) is 2.63. The van der Waals surface area contributed by atoms with Crippen molar-refractivity contribution in [2.75, 3.05) is 21.3 Å². The number of hydrogen-bond acceptors (Lipinski definition) is 6. The molecule has 1 amide bonds. The Balaban J connectivity index is 2.45. The summed E-state index contributed by atoms with van der Waals surface area (Å²) in [6.07, 6.45) is 1.80. The molecule has 1 aromatic rings. The Kier molecular flexibility index (Phi) is 4.51. The molecule has 2 rings (SSSR count). The lowest BCUT2D eigenvalue weighted by Gasteiger charge is -2.13. The molecule has 1 saturated heterocycles. The molecule has 1 aromatic carbocycles. The highest BCUT2D eigenvalue weighted by atomic mass is 32.2. The molecular weight excluding hydrogens is 298 g/mol. The van der Waals surface area contributed by atoms with Crippen LogP contribution in [-0.4, -0.2) is 31.6 Å². The fourth-order valence-corrected chi connectivity index (χ4v) is 2.79. The lowest BCUT2D eigenvalue weighted by Crippen LogP contribution is -2.15. The Morgan fingerprint density at radius 2 is 1.75 bits per heavy atom. The number of methoxy groups -OCH3 is 3. The summed E-state index contributed by atoms with van der Waals surface area (Å²) >= 11 is 6.14. The molecular formula is C13H13NO4S2. The van der Waals surface area contributed by atoms with E-state index in [1.54, 1.807) is 39.5 Å². The Hall–Kier alpha value is -1.73. The number of benzene rings is 1. The van der Waals surface area contributed by atoms with E-state index in [4.69, 9.17) is 26.4 Å². The molecule has 5 nitrogen and oxygen atoms in total. The maximum absolute atomic E-state index is 11.3. The van der Waals surface area contributed by atoms with Crippen molar-refractivity contribution in [2.24, 2.45) is 0 Å². The van der Waals surface area contributed by atoms with Crippen molar-refractivity contribution >= 4 is 40.3 Å². The molecule has 1 fully saturated rings. The van der Waals surface area contributed by atoms with Crippen LogP contribution in [0.3, 0.4) is 0 Å². The molecule has 106 valence electrons. The SMILES string of the molecule is COc1cc(C=C2SC(=O)NC2=S)cc(OC)c1OC. The molecule has 0 bridgehead atoms. The molecule has 0 spiro atoms. The summed E-state index contributed by atoms with van der Waals surface area (Å²) in [7, 11) is 4.64. The van der Waals surface area contributed by atoms with E-state index in [-0.39, 0.29) is 5.24 Å². The predicted molar refractivity (Wildman–Crippen MR) is 82.8 cm³/mol. The molecule has 0 radical (unpaired) electrons. The summed E-state index contributed by atoms with van der Waals surface area (Å²) in [5.41, 5.74) is 0.806. The van der Waals surface area contributed by atoms with E-state index >= 15 is 0 Å². The topological polar surface area (TPSA) is 56.8 Å². The lowest BCUT2D eigenvalue weighted by atomic mass is 10.1. The molecule has 1 aliphatic heterocycles. The van der Waals surface area contributed by atoms with Gasteiger partial charge in [0.25, 0.3) is 5.24 Å². The quantitative estimate of drug-likeness (QED) is 0.681. The summed E-state index contributed by atoms with van der Waals surface area (Å²) in [6.45, 7) is 0. The second-order valence-electron chi connectivity index (χ2n) is 3.81. The molecule has 20 heavy (non-hydrogen) atoms. The standard InChI is InChI=1S/C13H13NO4S2/c1-16-8-4-7(5-9(17-2)11(8)18-3)6-10-12(19)14-13(15)20-10/h4-6H,1-3H3,(H,14,15,19). The number of amides is 1. The maximum atomic E-state index is 11.3. The van der Waals surface area contributed by atoms with Crippen LogP contribution < -0.4 is 19.5 Å². The molecule has 1 aliphatic rings. The second kappa shape index (κ2) is 6.15. The average molecular weight is 311 g/mol. The zero-order valence-electron chi connectivity index (χ0n) is 11.2. The van der Waals surface area contributed by atoms with Crippen LogP contribution in [-0.2, 0) is 0 Å². The lowest BCUT2D eigenvalue weighted by molar-refractivity contribution is 0.265. The van der Waals surface area contributed by atoms with Gasteiger partial charge in [0.2, 0.25) is 5.75 Å². The van der Waals surface area contributed by atoms with Crippen molar-refractivity contribution < 1.29 is 19.0 Å². The summed E-state index contributed by atoms with van der Waals surface area (Å²) in [4.78, 5) is 12.4. The summed E-state index contributed by atoms with van der Waals surface area (Å²) in [5.74, 6) is 1.62. The van der Waals surface area contributed by atoms with E-state index in [9.17, 15) is 4.79 Å². The molecule has 1 heterocycles. The zero-order valence-corrected chi connectivity index (χ0v) is 12.8. The van der Waals surface area contributed by atoms with Crippen LogP contribution >= 0.6 is 24.0 Å². The van der Waals surface area contributed by atoms with Crippen molar-refractivity contribution in [3.8, 4) is 17.2 Å². The molecule has 0 unspecified atom stereocenters. The smallest absolute Gasteiger partial charge is 0.289 e. The number of nitrogens with one attached hydrogen (secondary N) is 1. The van der Waals surface area contributed by atoms with E-state index in [0.717, 1.165) is 17.3 Å². The zero-order chi connectivity index (χ0) is 14.7. The van der Waals surface area contributed by atoms with E-state index in [0.29, 0.717) is 27.1 Å².